The Bertz CT molecular complexity index is 1670. The molecule has 0 bridgehead atoms. The smallest absolute Gasteiger partial charge is 0.258 e. The molecule has 9 nitrogen and oxygen atoms in total. The number of nitrogens with zero attached hydrogens (tertiary/aromatic N) is 4. The summed E-state index contributed by atoms with van der Waals surface area (Å²) in [5, 5.41) is 0. The third kappa shape index (κ3) is 5.11. The van der Waals surface area contributed by atoms with Gasteiger partial charge in [-0.2, -0.15) is 4.31 Å². The highest BCUT2D eigenvalue weighted by atomic mass is 79.9. The Morgan fingerprint density at radius 2 is 1.57 bits per heavy atom. The van der Waals surface area contributed by atoms with Crippen LogP contribution in [-0.4, -0.2) is 82.3 Å². The largest absolute Gasteiger partial charge is 0.379 e. The van der Waals surface area contributed by atoms with Crippen molar-refractivity contribution in [2.45, 2.75) is 25.7 Å². The molecule has 3 aliphatic heterocycles. The van der Waals surface area contributed by atoms with Gasteiger partial charge >= 0.3 is 0 Å². The molecule has 0 radical (unpaired) electrons. The van der Waals surface area contributed by atoms with E-state index in [-0.39, 0.29) is 10.8 Å². The second kappa shape index (κ2) is 11.6. The number of carbonyl (C=O) groups excluding carboxylic acids is 1. The van der Waals surface area contributed by atoms with E-state index in [2.05, 4.69) is 56.6 Å². The van der Waals surface area contributed by atoms with Gasteiger partial charge in [-0.25, -0.2) is 8.42 Å². The minimum atomic E-state index is -3.71. The average Bonchev–Trinajstić information content (AvgIpc) is 3.43. The van der Waals surface area contributed by atoms with Crippen LogP contribution in [0.25, 0.3) is 17.3 Å². The van der Waals surface area contributed by atoms with Gasteiger partial charge in [0.25, 0.3) is 5.91 Å². The molecule has 6 rings (SSSR count). The second-order valence-corrected chi connectivity index (χ2v) is 13.5. The van der Waals surface area contributed by atoms with Crippen molar-refractivity contribution in [3.63, 3.8) is 0 Å². The van der Waals surface area contributed by atoms with Crippen LogP contribution >= 0.6 is 15.9 Å². The fourth-order valence-electron chi connectivity index (χ4n) is 6.07. The molecule has 4 heterocycles. The molecule has 0 atom stereocenters. The molecule has 3 aromatic rings. The fraction of sp³-hybridized carbons (Fsp3) is 0.387. The van der Waals surface area contributed by atoms with Crippen molar-refractivity contribution in [1.82, 2.24) is 8.87 Å². The number of hydrogen-bond donors (Lipinski definition) is 0. The monoisotopic (exact) mass is 654 g/mol. The number of rotatable bonds is 6. The lowest BCUT2D eigenvalue weighted by Crippen LogP contribution is -2.40. The maximum atomic E-state index is 13.6. The number of hydrogen-bond acceptors (Lipinski definition) is 6. The molecule has 2 saturated heterocycles. The number of likely N-dealkylation sites (N-methyl/N-ethyl adjacent to an activating group) is 1. The molecule has 3 aliphatic rings. The lowest BCUT2D eigenvalue weighted by molar-refractivity contribution is -0.112. The number of amides is 1. The normalized spacial score (nSPS) is 19.1. The van der Waals surface area contributed by atoms with E-state index in [1.165, 1.54) is 4.31 Å². The number of aromatic nitrogens is 1. The van der Waals surface area contributed by atoms with Gasteiger partial charge in [-0.3, -0.25) is 4.79 Å². The molecule has 1 aromatic heterocycles. The molecule has 0 aliphatic carbocycles. The van der Waals surface area contributed by atoms with E-state index in [0.29, 0.717) is 44.0 Å². The summed E-state index contributed by atoms with van der Waals surface area (Å²) in [7, 11) is -3.71. The number of anilines is 2. The van der Waals surface area contributed by atoms with Crippen molar-refractivity contribution in [2.75, 3.05) is 69.0 Å². The fourth-order valence-corrected chi connectivity index (χ4v) is 8.12. The molecule has 222 valence electrons. The number of benzene rings is 2. The summed E-state index contributed by atoms with van der Waals surface area (Å²) in [4.78, 5) is 17.8. The Morgan fingerprint density at radius 1 is 0.905 bits per heavy atom. The second-order valence-electron chi connectivity index (χ2n) is 10.7. The van der Waals surface area contributed by atoms with Gasteiger partial charge < -0.3 is 23.8 Å². The summed E-state index contributed by atoms with van der Waals surface area (Å²) < 4.78 is 42.4. The van der Waals surface area contributed by atoms with Gasteiger partial charge in [0.15, 0.2) is 0 Å². The van der Waals surface area contributed by atoms with Gasteiger partial charge in [-0.15, -0.1) is 0 Å². The summed E-state index contributed by atoms with van der Waals surface area (Å²) in [5.41, 5.74) is 6.96. The van der Waals surface area contributed by atoms with E-state index in [9.17, 15) is 13.2 Å². The quantitative estimate of drug-likeness (QED) is 0.361. The van der Waals surface area contributed by atoms with Crippen molar-refractivity contribution in [2.24, 2.45) is 0 Å². The zero-order valence-corrected chi connectivity index (χ0v) is 26.5. The van der Waals surface area contributed by atoms with Gasteiger partial charge in [0, 0.05) is 65.4 Å². The SMILES string of the molecule is CCN1C(=O)C(=Cc2cc(C)n(-c3ccc(N4CCOCC4)c(Br)c3)c2C)c2cc(S(=O)(=O)N3CCOCC3)ccc21. The molecule has 2 fully saturated rings. The minimum Gasteiger partial charge on any atom is -0.379 e. The van der Waals surface area contributed by atoms with Crippen molar-refractivity contribution in [1.29, 1.82) is 0 Å². The highest BCUT2D eigenvalue weighted by Crippen LogP contribution is 2.40. The van der Waals surface area contributed by atoms with Crippen LogP contribution < -0.4 is 9.80 Å². The number of aryl methyl sites for hydroxylation is 1. The first-order chi connectivity index (χ1) is 20.2. The molecule has 1 amide bonds. The van der Waals surface area contributed by atoms with Crippen LogP contribution in [0.3, 0.4) is 0 Å². The van der Waals surface area contributed by atoms with E-state index in [0.717, 1.165) is 64.8 Å². The lowest BCUT2D eigenvalue weighted by atomic mass is 10.0. The topological polar surface area (TPSA) is 84.3 Å². The number of carbonyl (C=O) groups is 1. The summed E-state index contributed by atoms with van der Waals surface area (Å²) in [5.74, 6) is -0.129. The number of ether oxygens (including phenoxy) is 2. The van der Waals surface area contributed by atoms with Crippen LogP contribution in [0.15, 0.2) is 51.8 Å². The number of fused-ring (bicyclic) bond motifs is 1. The first-order valence-electron chi connectivity index (χ1n) is 14.3. The summed E-state index contributed by atoms with van der Waals surface area (Å²) in [6, 6.07) is 13.5. The van der Waals surface area contributed by atoms with E-state index in [1.807, 2.05) is 19.9 Å². The highest BCUT2D eigenvalue weighted by Gasteiger charge is 2.34. The first-order valence-corrected chi connectivity index (χ1v) is 16.5. The number of sulfonamides is 1. The van der Waals surface area contributed by atoms with Crippen molar-refractivity contribution >= 4 is 54.9 Å². The molecule has 0 spiro atoms. The van der Waals surface area contributed by atoms with Gasteiger partial charge in [0.2, 0.25) is 10.0 Å². The zero-order valence-electron chi connectivity index (χ0n) is 24.1. The summed E-state index contributed by atoms with van der Waals surface area (Å²) >= 11 is 3.78. The van der Waals surface area contributed by atoms with E-state index in [1.54, 1.807) is 23.1 Å². The minimum absolute atomic E-state index is 0.129. The standard InChI is InChI=1S/C31H35BrN4O5S/c1-4-35-29-8-6-25(42(38,39)34-11-15-41-16-12-34)20-26(29)27(31(35)37)18-23-17-21(2)36(22(23)3)24-5-7-30(28(32)19-24)33-9-13-40-14-10-33/h5-8,17-20H,4,9-16H2,1-3H3. The molecule has 0 unspecified atom stereocenters. The molecule has 0 saturated carbocycles. The maximum absolute atomic E-state index is 13.6. The Kier molecular flexibility index (Phi) is 8.05. The van der Waals surface area contributed by atoms with Crippen molar-refractivity contribution < 1.29 is 22.7 Å². The molecule has 42 heavy (non-hydrogen) atoms. The third-order valence-electron chi connectivity index (χ3n) is 8.26. The maximum Gasteiger partial charge on any atom is 0.258 e. The van der Waals surface area contributed by atoms with Crippen LogP contribution in [0.5, 0.6) is 0 Å². The Balaban J connectivity index is 1.38. The van der Waals surface area contributed by atoms with Crippen LogP contribution in [0.4, 0.5) is 11.4 Å². The van der Waals surface area contributed by atoms with Crippen LogP contribution in [0, 0.1) is 13.8 Å². The van der Waals surface area contributed by atoms with Crippen molar-refractivity contribution in [3.8, 4) is 5.69 Å². The number of morpholine rings is 2. The van der Waals surface area contributed by atoms with E-state index < -0.39 is 10.0 Å². The number of halogens is 1. The molecular weight excluding hydrogens is 620 g/mol. The van der Waals surface area contributed by atoms with Crippen LogP contribution in [0.2, 0.25) is 0 Å². The molecule has 11 heteroatoms. The average molecular weight is 656 g/mol. The van der Waals surface area contributed by atoms with E-state index >= 15 is 0 Å². The summed E-state index contributed by atoms with van der Waals surface area (Å²) in [6.07, 6.45) is 1.90. The molecule has 0 N–H and O–H groups in total. The van der Waals surface area contributed by atoms with Gasteiger partial charge in [0.1, 0.15) is 0 Å². The van der Waals surface area contributed by atoms with E-state index in [4.69, 9.17) is 9.47 Å². The Hall–Kier alpha value is -2.96. The predicted molar refractivity (Wildman–Crippen MR) is 168 cm³/mol. The Morgan fingerprint density at radius 3 is 2.24 bits per heavy atom. The molecule has 2 aromatic carbocycles. The van der Waals surface area contributed by atoms with Gasteiger partial charge in [0.05, 0.1) is 42.7 Å². The zero-order chi connectivity index (χ0) is 29.6. The third-order valence-corrected chi connectivity index (χ3v) is 10.8. The van der Waals surface area contributed by atoms with Gasteiger partial charge in [-0.05, 0) is 90.8 Å². The van der Waals surface area contributed by atoms with Crippen molar-refractivity contribution in [3.05, 3.63) is 69.5 Å². The first kappa shape index (κ1) is 29.1. The molecular formula is C31H35BrN4O5S. The summed E-state index contributed by atoms with van der Waals surface area (Å²) in [6.45, 7) is 11.0. The highest BCUT2D eigenvalue weighted by molar-refractivity contribution is 9.10. The predicted octanol–water partition coefficient (Wildman–Crippen LogP) is 4.62. The lowest BCUT2D eigenvalue weighted by Gasteiger charge is -2.30. The Labute approximate surface area is 255 Å². The van der Waals surface area contributed by atoms with Crippen LogP contribution in [-0.2, 0) is 24.3 Å². The van der Waals surface area contributed by atoms with Crippen LogP contribution in [0.1, 0.15) is 29.4 Å². The van der Waals surface area contributed by atoms with Gasteiger partial charge in [-0.1, -0.05) is 0 Å².